The van der Waals surface area contributed by atoms with Crippen LogP contribution in [-0.4, -0.2) is 0 Å². The van der Waals surface area contributed by atoms with Gasteiger partial charge in [0.2, 0.25) is 0 Å². The second-order valence-electron chi connectivity index (χ2n) is 2.62. The van der Waals surface area contributed by atoms with Gasteiger partial charge in [-0.1, -0.05) is 25.0 Å². The molecule has 0 N–H and O–H groups in total. The molecule has 0 fully saturated rings. The summed E-state index contributed by atoms with van der Waals surface area (Å²) in [6.07, 6.45) is 16.8. The van der Waals surface area contributed by atoms with Gasteiger partial charge in [0, 0.05) is 0 Å². The van der Waals surface area contributed by atoms with E-state index in [1.807, 2.05) is 12.2 Å². The summed E-state index contributed by atoms with van der Waals surface area (Å²) in [6.45, 7) is 7.25. The monoisotopic (exact) mass is 334 g/mol. The van der Waals surface area contributed by atoms with Crippen LogP contribution >= 0.6 is 19.4 Å². The molecule has 0 aromatic rings. The standard InChI is InChI=1S/C12H18.2ClH.Ru/c1-3-5-7-9-11-12-10-8-6-4-2;;;/h3-6,11-12H,1-2,7-10H2;2*1H;/q-2;;;+4/p-2/b5-3-,6-4+,12-11+;;;. The Morgan fingerprint density at radius 1 is 0.733 bits per heavy atom. The van der Waals surface area contributed by atoms with E-state index in [4.69, 9.17) is 19.4 Å². The summed E-state index contributed by atoms with van der Waals surface area (Å²) < 4.78 is 0. The SMILES string of the molecule is [CH2-]/C=C\CC/C=C/CC/C=C/[CH2-].[Cl][Ru+2][Cl]. The third-order valence-electron chi connectivity index (χ3n) is 1.50. The molecule has 0 atom stereocenters. The van der Waals surface area contributed by atoms with Crippen molar-refractivity contribution in [3.8, 4) is 0 Å². The molecule has 0 bridgehead atoms. The molecule has 0 aromatic carbocycles. The minimum atomic E-state index is -0.346. The average Bonchev–Trinajstić information content (AvgIpc) is 2.23. The molecule has 0 saturated carbocycles. The number of halogens is 2. The van der Waals surface area contributed by atoms with Crippen molar-refractivity contribution in [2.45, 2.75) is 25.7 Å². The molecule has 0 aliphatic rings. The van der Waals surface area contributed by atoms with Gasteiger partial charge in [0.1, 0.15) is 0 Å². The van der Waals surface area contributed by atoms with Crippen molar-refractivity contribution in [2.24, 2.45) is 0 Å². The zero-order chi connectivity index (χ0) is 11.8. The first-order valence-corrected chi connectivity index (χ1v) is 9.19. The minimum absolute atomic E-state index is 0.346. The summed E-state index contributed by atoms with van der Waals surface area (Å²) in [5, 5.41) is 0. The molecule has 0 rings (SSSR count). The van der Waals surface area contributed by atoms with Crippen molar-refractivity contribution in [2.75, 3.05) is 0 Å². The summed E-state index contributed by atoms with van der Waals surface area (Å²) in [5.74, 6) is 0. The normalized spacial score (nSPS) is 11.1. The van der Waals surface area contributed by atoms with E-state index in [9.17, 15) is 0 Å². The Hall–Kier alpha value is 0.163. The Balaban J connectivity index is 0. The predicted molar refractivity (Wildman–Crippen MR) is 68.3 cm³/mol. The maximum absolute atomic E-state index is 4.85. The van der Waals surface area contributed by atoms with Crippen LogP contribution in [0, 0.1) is 13.8 Å². The van der Waals surface area contributed by atoms with Gasteiger partial charge >= 0.3 is 34.5 Å². The quantitative estimate of drug-likeness (QED) is 0.269. The van der Waals surface area contributed by atoms with Crippen molar-refractivity contribution < 1.29 is 15.1 Å². The number of rotatable bonds is 6. The van der Waals surface area contributed by atoms with Crippen LogP contribution in [0.3, 0.4) is 0 Å². The van der Waals surface area contributed by atoms with Crippen LogP contribution in [0.5, 0.6) is 0 Å². The number of hydrogen-bond donors (Lipinski definition) is 0. The van der Waals surface area contributed by atoms with Crippen molar-refractivity contribution in [1.82, 2.24) is 0 Å². The zero-order valence-corrected chi connectivity index (χ0v) is 12.1. The molecule has 0 aliphatic carbocycles. The Kier molecular flexibility index (Phi) is 23.0. The van der Waals surface area contributed by atoms with Crippen LogP contribution in [0.25, 0.3) is 0 Å². The van der Waals surface area contributed by atoms with Gasteiger partial charge in [0.15, 0.2) is 0 Å². The molecule has 15 heavy (non-hydrogen) atoms. The van der Waals surface area contributed by atoms with E-state index >= 15 is 0 Å². The summed E-state index contributed by atoms with van der Waals surface area (Å²) in [5.41, 5.74) is 0. The van der Waals surface area contributed by atoms with Gasteiger partial charge in [-0.25, -0.2) is 38.2 Å². The van der Waals surface area contributed by atoms with Gasteiger partial charge in [-0.05, 0) is 12.8 Å². The molecule has 0 aliphatic heterocycles. The molecule has 0 unspecified atom stereocenters. The number of allylic oxidation sites excluding steroid dienone is 6. The predicted octanol–water partition coefficient (Wildman–Crippen LogP) is 5.26. The molecule has 0 amide bonds. The first-order chi connectivity index (χ1) is 7.33. The van der Waals surface area contributed by atoms with Crippen molar-refractivity contribution >= 4 is 19.4 Å². The average molecular weight is 334 g/mol. The summed E-state index contributed by atoms with van der Waals surface area (Å²) in [7, 11) is 9.71. The van der Waals surface area contributed by atoms with E-state index in [1.54, 1.807) is 0 Å². The molecular weight excluding hydrogens is 316 g/mol. The van der Waals surface area contributed by atoms with E-state index in [0.29, 0.717) is 0 Å². The van der Waals surface area contributed by atoms with Crippen LogP contribution in [0.15, 0.2) is 36.5 Å². The molecule has 0 nitrogen and oxygen atoms in total. The first kappa shape index (κ1) is 17.6. The fraction of sp³-hybridized carbons (Fsp3) is 0.333. The molecule has 0 aromatic heterocycles. The van der Waals surface area contributed by atoms with E-state index < -0.39 is 0 Å². The fourth-order valence-electron chi connectivity index (χ4n) is 0.856. The van der Waals surface area contributed by atoms with Gasteiger partial charge < -0.3 is 0 Å². The molecule has 0 saturated heterocycles. The second kappa shape index (κ2) is 19.7. The van der Waals surface area contributed by atoms with Gasteiger partial charge in [-0.2, -0.15) is 0 Å². The molecule has 3 heteroatoms. The Morgan fingerprint density at radius 2 is 1.00 bits per heavy atom. The van der Waals surface area contributed by atoms with Gasteiger partial charge in [0.05, 0.1) is 0 Å². The second-order valence-corrected chi connectivity index (χ2v) is 5.26. The van der Waals surface area contributed by atoms with Crippen molar-refractivity contribution in [3.05, 3.63) is 50.3 Å². The van der Waals surface area contributed by atoms with Crippen LogP contribution < -0.4 is 0 Å². The summed E-state index contributed by atoms with van der Waals surface area (Å²) >= 11 is -0.346. The zero-order valence-electron chi connectivity index (χ0n) is 8.82. The third kappa shape index (κ3) is 25.0. The van der Waals surface area contributed by atoms with Crippen LogP contribution in [0.1, 0.15) is 25.7 Å². The van der Waals surface area contributed by atoms with E-state index in [1.165, 1.54) is 0 Å². The number of unbranched alkanes of at least 4 members (excludes halogenated alkanes) is 2. The molecule has 0 spiro atoms. The van der Waals surface area contributed by atoms with Gasteiger partial charge in [-0.15, -0.1) is 0 Å². The van der Waals surface area contributed by atoms with Gasteiger partial charge in [0.25, 0.3) is 0 Å². The van der Waals surface area contributed by atoms with E-state index in [-0.39, 0.29) is 15.1 Å². The Bertz CT molecular complexity index is 156. The summed E-state index contributed by atoms with van der Waals surface area (Å²) in [4.78, 5) is 0. The van der Waals surface area contributed by atoms with Crippen molar-refractivity contribution in [3.63, 3.8) is 0 Å². The third-order valence-corrected chi connectivity index (χ3v) is 1.50. The van der Waals surface area contributed by atoms with E-state index in [2.05, 4.69) is 38.2 Å². The Labute approximate surface area is 110 Å². The first-order valence-electron chi connectivity index (χ1n) is 4.72. The maximum atomic E-state index is 4.85. The fourth-order valence-corrected chi connectivity index (χ4v) is 0.856. The molecule has 0 heterocycles. The van der Waals surface area contributed by atoms with E-state index in [0.717, 1.165) is 25.7 Å². The number of hydrogen-bond acceptors (Lipinski definition) is 0. The molecule has 0 radical (unpaired) electrons. The van der Waals surface area contributed by atoms with Crippen LogP contribution in [0.4, 0.5) is 0 Å². The van der Waals surface area contributed by atoms with Crippen LogP contribution in [0.2, 0.25) is 0 Å². The summed E-state index contributed by atoms with van der Waals surface area (Å²) in [6, 6.07) is 0. The molecule has 88 valence electrons. The topological polar surface area (TPSA) is 0 Å². The van der Waals surface area contributed by atoms with Gasteiger partial charge in [-0.3, -0.25) is 0 Å². The Morgan fingerprint density at radius 3 is 1.27 bits per heavy atom. The van der Waals surface area contributed by atoms with Crippen LogP contribution in [-0.2, 0) is 15.1 Å². The van der Waals surface area contributed by atoms with Crippen molar-refractivity contribution in [1.29, 1.82) is 0 Å². The molecular formula is C12H18Cl2Ru.